The van der Waals surface area contributed by atoms with Crippen molar-refractivity contribution in [3.8, 4) is 23.0 Å². The van der Waals surface area contributed by atoms with Crippen molar-refractivity contribution >= 4 is 34.1 Å². The number of pyridine rings is 2. The predicted molar refractivity (Wildman–Crippen MR) is 125 cm³/mol. The standard InChI is InChI=1S/C24H15ClFN5O3/c25-17-11-14(26)8-9-18(17)28-21(32)13-31-20-7-2-1-5-15(20)16(12-22(31)33)24-29-23(30-34-24)19-6-3-4-10-27-19/h1-12H,13H2,(H,28,32). The zero-order valence-corrected chi connectivity index (χ0v) is 18.2. The van der Waals surface area contributed by atoms with E-state index in [1.165, 1.54) is 22.8 Å². The molecule has 0 aliphatic rings. The number of nitrogens with zero attached hydrogens (tertiary/aromatic N) is 4. The van der Waals surface area contributed by atoms with Crippen molar-refractivity contribution in [1.29, 1.82) is 0 Å². The molecule has 0 atom stereocenters. The third kappa shape index (κ3) is 4.16. The van der Waals surface area contributed by atoms with E-state index in [2.05, 4.69) is 20.4 Å². The summed E-state index contributed by atoms with van der Waals surface area (Å²) in [7, 11) is 0. The van der Waals surface area contributed by atoms with Crippen LogP contribution in [-0.4, -0.2) is 25.6 Å². The molecule has 0 aliphatic heterocycles. The molecule has 3 heterocycles. The summed E-state index contributed by atoms with van der Waals surface area (Å²) in [5, 5.41) is 7.27. The molecular formula is C24H15ClFN5O3. The van der Waals surface area contributed by atoms with Gasteiger partial charge in [0.05, 0.1) is 21.8 Å². The number of benzene rings is 2. The highest BCUT2D eigenvalue weighted by Crippen LogP contribution is 2.28. The van der Waals surface area contributed by atoms with Gasteiger partial charge in [-0.2, -0.15) is 4.98 Å². The first-order valence-electron chi connectivity index (χ1n) is 10.1. The Labute approximate surface area is 196 Å². The van der Waals surface area contributed by atoms with Crippen molar-refractivity contribution in [2.45, 2.75) is 6.54 Å². The summed E-state index contributed by atoms with van der Waals surface area (Å²) in [5.41, 5.74) is 1.28. The van der Waals surface area contributed by atoms with Gasteiger partial charge in [0.25, 0.3) is 11.4 Å². The highest BCUT2D eigenvalue weighted by molar-refractivity contribution is 6.33. The van der Waals surface area contributed by atoms with Gasteiger partial charge in [-0.25, -0.2) is 4.39 Å². The Kier molecular flexibility index (Phi) is 5.60. The number of aromatic nitrogens is 4. The summed E-state index contributed by atoms with van der Waals surface area (Å²) >= 11 is 5.99. The van der Waals surface area contributed by atoms with Gasteiger partial charge < -0.3 is 9.84 Å². The van der Waals surface area contributed by atoms with Crippen LogP contribution in [0.1, 0.15) is 0 Å². The van der Waals surface area contributed by atoms with Crippen LogP contribution in [0.4, 0.5) is 10.1 Å². The van der Waals surface area contributed by atoms with Gasteiger partial charge in [-0.15, -0.1) is 0 Å². The van der Waals surface area contributed by atoms with E-state index >= 15 is 0 Å². The summed E-state index contributed by atoms with van der Waals surface area (Å²) in [6, 6.07) is 17.4. The second kappa shape index (κ2) is 8.87. The lowest BCUT2D eigenvalue weighted by Gasteiger charge is -2.13. The first-order valence-corrected chi connectivity index (χ1v) is 10.5. The second-order valence-corrected chi connectivity index (χ2v) is 7.72. The molecule has 0 unspecified atom stereocenters. The predicted octanol–water partition coefficient (Wildman–Crippen LogP) is 4.54. The molecule has 10 heteroatoms. The number of rotatable bonds is 5. The number of para-hydroxylation sites is 1. The Bertz CT molecular complexity index is 1580. The minimum absolute atomic E-state index is 0.0565. The molecule has 0 aliphatic carbocycles. The fraction of sp³-hybridized carbons (Fsp3) is 0.0417. The van der Waals surface area contributed by atoms with E-state index in [9.17, 15) is 14.0 Å². The lowest BCUT2D eigenvalue weighted by Crippen LogP contribution is -2.27. The summed E-state index contributed by atoms with van der Waals surface area (Å²) < 4.78 is 20.0. The molecule has 34 heavy (non-hydrogen) atoms. The van der Waals surface area contributed by atoms with E-state index in [0.29, 0.717) is 28.0 Å². The normalized spacial score (nSPS) is 11.0. The van der Waals surface area contributed by atoms with E-state index in [0.717, 1.165) is 6.07 Å². The Morgan fingerprint density at radius 3 is 2.71 bits per heavy atom. The van der Waals surface area contributed by atoms with Crippen LogP contribution in [-0.2, 0) is 11.3 Å². The average molecular weight is 476 g/mol. The van der Waals surface area contributed by atoms with E-state index in [1.807, 2.05) is 0 Å². The molecule has 0 spiro atoms. The third-order valence-corrected chi connectivity index (χ3v) is 5.39. The number of fused-ring (bicyclic) bond motifs is 1. The van der Waals surface area contributed by atoms with Gasteiger partial charge >= 0.3 is 0 Å². The highest BCUT2D eigenvalue weighted by Gasteiger charge is 2.18. The van der Waals surface area contributed by atoms with E-state index in [1.54, 1.807) is 48.7 Å². The topological polar surface area (TPSA) is 103 Å². The molecule has 5 rings (SSSR count). The fourth-order valence-electron chi connectivity index (χ4n) is 3.53. The summed E-state index contributed by atoms with van der Waals surface area (Å²) in [6.07, 6.45) is 1.62. The number of halogens is 2. The molecule has 0 fully saturated rings. The van der Waals surface area contributed by atoms with Gasteiger partial charge in [0, 0.05) is 17.6 Å². The minimum Gasteiger partial charge on any atom is -0.334 e. The zero-order valence-electron chi connectivity index (χ0n) is 17.4. The molecule has 0 bridgehead atoms. The largest absolute Gasteiger partial charge is 0.334 e. The smallest absolute Gasteiger partial charge is 0.259 e. The number of anilines is 1. The van der Waals surface area contributed by atoms with E-state index in [4.69, 9.17) is 16.1 Å². The number of hydrogen-bond donors (Lipinski definition) is 1. The SMILES string of the molecule is O=C(Cn1c(=O)cc(-c2nc(-c3ccccn3)no2)c2ccccc21)Nc1ccc(F)cc1Cl. The number of hydrogen-bond acceptors (Lipinski definition) is 6. The van der Waals surface area contributed by atoms with Gasteiger partial charge in [0.15, 0.2) is 0 Å². The molecule has 0 saturated carbocycles. The van der Waals surface area contributed by atoms with Crippen LogP contribution in [0.3, 0.4) is 0 Å². The Morgan fingerprint density at radius 1 is 1.09 bits per heavy atom. The van der Waals surface area contributed by atoms with Crippen LogP contribution in [0.5, 0.6) is 0 Å². The maximum atomic E-state index is 13.3. The molecule has 1 amide bonds. The molecular weight excluding hydrogens is 461 g/mol. The fourth-order valence-corrected chi connectivity index (χ4v) is 3.75. The van der Waals surface area contributed by atoms with Crippen LogP contribution in [0.15, 0.2) is 82.2 Å². The second-order valence-electron chi connectivity index (χ2n) is 7.31. The van der Waals surface area contributed by atoms with E-state index in [-0.39, 0.29) is 23.1 Å². The highest BCUT2D eigenvalue weighted by atomic mass is 35.5. The van der Waals surface area contributed by atoms with Gasteiger partial charge in [0.2, 0.25) is 11.7 Å². The van der Waals surface area contributed by atoms with Crippen LogP contribution in [0.25, 0.3) is 33.9 Å². The maximum Gasteiger partial charge on any atom is 0.259 e. The number of carbonyl (C=O) groups is 1. The van der Waals surface area contributed by atoms with Gasteiger partial charge in [-0.1, -0.05) is 41.0 Å². The molecule has 0 saturated heterocycles. The van der Waals surface area contributed by atoms with Gasteiger partial charge in [0.1, 0.15) is 18.1 Å². The lowest BCUT2D eigenvalue weighted by molar-refractivity contribution is -0.116. The number of amides is 1. The van der Waals surface area contributed by atoms with Crippen molar-refractivity contribution in [3.63, 3.8) is 0 Å². The lowest BCUT2D eigenvalue weighted by atomic mass is 10.1. The van der Waals surface area contributed by atoms with Crippen LogP contribution in [0.2, 0.25) is 5.02 Å². The number of nitrogens with one attached hydrogen (secondary N) is 1. The molecule has 2 aromatic carbocycles. The number of carbonyl (C=O) groups excluding carboxylic acids is 1. The van der Waals surface area contributed by atoms with Crippen molar-refractivity contribution in [3.05, 3.63) is 94.1 Å². The van der Waals surface area contributed by atoms with Crippen molar-refractivity contribution in [1.82, 2.24) is 19.7 Å². The first kappa shape index (κ1) is 21.5. The Morgan fingerprint density at radius 2 is 1.91 bits per heavy atom. The maximum absolute atomic E-state index is 13.3. The third-order valence-electron chi connectivity index (χ3n) is 5.08. The molecule has 8 nitrogen and oxygen atoms in total. The Hall–Kier alpha value is -4.37. The molecule has 5 aromatic rings. The quantitative estimate of drug-likeness (QED) is 0.400. The van der Waals surface area contributed by atoms with Crippen molar-refractivity contribution < 1.29 is 13.7 Å². The van der Waals surface area contributed by atoms with E-state index < -0.39 is 17.3 Å². The molecule has 168 valence electrons. The Balaban J connectivity index is 1.50. The van der Waals surface area contributed by atoms with Crippen molar-refractivity contribution in [2.24, 2.45) is 0 Å². The first-order chi connectivity index (χ1) is 16.5. The summed E-state index contributed by atoms with van der Waals surface area (Å²) in [6.45, 7) is -0.281. The average Bonchev–Trinajstić information content (AvgIpc) is 3.33. The summed E-state index contributed by atoms with van der Waals surface area (Å²) in [4.78, 5) is 34.3. The molecule has 1 N–H and O–H groups in total. The van der Waals surface area contributed by atoms with Crippen LogP contribution < -0.4 is 10.9 Å². The molecule has 0 radical (unpaired) electrons. The molecule has 3 aromatic heterocycles. The van der Waals surface area contributed by atoms with Crippen molar-refractivity contribution in [2.75, 3.05) is 5.32 Å². The zero-order chi connectivity index (χ0) is 23.7. The van der Waals surface area contributed by atoms with Gasteiger partial charge in [-0.05, 0) is 36.4 Å². The van der Waals surface area contributed by atoms with Gasteiger partial charge in [-0.3, -0.25) is 19.1 Å². The monoisotopic (exact) mass is 475 g/mol. The minimum atomic E-state index is -0.520. The van der Waals surface area contributed by atoms with Crippen LogP contribution in [0, 0.1) is 5.82 Å². The van der Waals surface area contributed by atoms with Crippen LogP contribution >= 0.6 is 11.6 Å². The summed E-state index contributed by atoms with van der Waals surface area (Å²) in [5.74, 6) is -0.570.